The van der Waals surface area contributed by atoms with Crippen molar-refractivity contribution in [3.63, 3.8) is 0 Å². The summed E-state index contributed by atoms with van der Waals surface area (Å²) in [5.41, 5.74) is 7.37. The number of halogens is 1. The number of allylic oxidation sites excluding steroid dienone is 1. The van der Waals surface area contributed by atoms with Gasteiger partial charge in [-0.2, -0.15) is 4.31 Å². The molecule has 0 bridgehead atoms. The van der Waals surface area contributed by atoms with E-state index >= 15 is 0 Å². The molecule has 1 aliphatic rings. The molecule has 0 aliphatic carbocycles. The quantitative estimate of drug-likeness (QED) is 0.747. The minimum Gasteiger partial charge on any atom is -0.398 e. The Morgan fingerprint density at radius 1 is 1.29 bits per heavy atom. The van der Waals surface area contributed by atoms with Crippen molar-refractivity contribution in [3.05, 3.63) is 63.1 Å². The van der Waals surface area contributed by atoms with E-state index in [4.69, 9.17) is 17.3 Å². The van der Waals surface area contributed by atoms with Gasteiger partial charge >= 0.3 is 0 Å². The maximum absolute atomic E-state index is 12.5. The summed E-state index contributed by atoms with van der Waals surface area (Å²) in [5, 5.41) is 1.11. The predicted octanol–water partition coefficient (Wildman–Crippen LogP) is 2.58. The highest BCUT2D eigenvalue weighted by Crippen LogP contribution is 2.23. The van der Waals surface area contributed by atoms with Crippen LogP contribution in [0.15, 0.2) is 48.3 Å². The average molecular weight is 439 g/mol. The summed E-state index contributed by atoms with van der Waals surface area (Å²) >= 11 is 7.12. The maximum Gasteiger partial charge on any atom is 0.241 e. The van der Waals surface area contributed by atoms with Crippen molar-refractivity contribution in [2.75, 3.05) is 25.4 Å². The number of carbonyl (C=O) groups excluding carboxylic acids is 1. The van der Waals surface area contributed by atoms with Gasteiger partial charge in [-0.25, -0.2) is 8.42 Å². The van der Waals surface area contributed by atoms with Crippen LogP contribution in [0.2, 0.25) is 4.34 Å². The molecule has 0 saturated carbocycles. The van der Waals surface area contributed by atoms with Crippen molar-refractivity contribution in [2.45, 2.75) is 6.42 Å². The number of hydrogen-bond donors (Lipinski definition) is 1. The zero-order chi connectivity index (χ0) is 20.1. The SMILES string of the molecule is Nc1ccncc1C/C=C/N1CCN(S(=O)(=O)/C=C/c2ccc(Cl)s2)CC1=O. The lowest BCUT2D eigenvalue weighted by atomic mass is 10.2. The number of thiophene rings is 1. The van der Waals surface area contributed by atoms with Gasteiger partial charge in [-0.05, 0) is 36.3 Å². The third-order valence-electron chi connectivity index (χ3n) is 4.14. The number of amides is 1. The van der Waals surface area contributed by atoms with Crippen LogP contribution in [-0.2, 0) is 21.2 Å². The molecule has 0 radical (unpaired) electrons. The van der Waals surface area contributed by atoms with Crippen molar-refractivity contribution in [3.8, 4) is 0 Å². The molecular weight excluding hydrogens is 420 g/mol. The molecule has 2 aromatic rings. The van der Waals surface area contributed by atoms with Crippen LogP contribution in [0.3, 0.4) is 0 Å². The molecule has 1 saturated heterocycles. The molecule has 2 aromatic heterocycles. The average Bonchev–Trinajstić information content (AvgIpc) is 3.08. The number of aromatic nitrogens is 1. The topological polar surface area (TPSA) is 96.6 Å². The summed E-state index contributed by atoms with van der Waals surface area (Å²) < 4.78 is 26.7. The number of anilines is 1. The number of sulfonamides is 1. The highest BCUT2D eigenvalue weighted by atomic mass is 35.5. The van der Waals surface area contributed by atoms with Crippen LogP contribution in [0.4, 0.5) is 5.69 Å². The molecule has 3 heterocycles. The molecule has 148 valence electrons. The van der Waals surface area contributed by atoms with E-state index in [0.29, 0.717) is 16.4 Å². The highest BCUT2D eigenvalue weighted by molar-refractivity contribution is 7.92. The second-order valence-corrected chi connectivity index (χ2v) is 9.64. The summed E-state index contributed by atoms with van der Waals surface area (Å²) in [6.45, 7) is 0.315. The third-order valence-corrected chi connectivity index (χ3v) is 6.85. The molecular formula is C18H19ClN4O3S2. The van der Waals surface area contributed by atoms with E-state index in [1.54, 1.807) is 36.8 Å². The number of nitrogens with zero attached hydrogens (tertiary/aromatic N) is 3. The maximum atomic E-state index is 12.5. The molecule has 1 aliphatic heterocycles. The summed E-state index contributed by atoms with van der Waals surface area (Å²) in [4.78, 5) is 18.6. The van der Waals surface area contributed by atoms with Crippen molar-refractivity contribution in [1.82, 2.24) is 14.2 Å². The third kappa shape index (κ3) is 5.20. The van der Waals surface area contributed by atoms with Crippen LogP contribution in [0.5, 0.6) is 0 Å². The lowest BCUT2D eigenvalue weighted by Gasteiger charge is -2.30. The number of nitrogen functional groups attached to an aromatic ring is 1. The van der Waals surface area contributed by atoms with Crippen LogP contribution in [0, 0.1) is 0 Å². The van der Waals surface area contributed by atoms with E-state index in [1.165, 1.54) is 26.6 Å². The van der Waals surface area contributed by atoms with Gasteiger partial charge in [0.05, 0.1) is 10.9 Å². The zero-order valence-electron chi connectivity index (χ0n) is 14.9. The lowest BCUT2D eigenvalue weighted by molar-refractivity contribution is -0.131. The van der Waals surface area contributed by atoms with Crippen LogP contribution in [0.1, 0.15) is 10.4 Å². The minimum absolute atomic E-state index is 0.197. The van der Waals surface area contributed by atoms with E-state index in [1.807, 2.05) is 6.08 Å². The number of carbonyl (C=O) groups is 1. The fourth-order valence-electron chi connectivity index (χ4n) is 2.61. The summed E-state index contributed by atoms with van der Waals surface area (Å²) in [5.74, 6) is -0.280. The molecule has 0 spiro atoms. The number of nitrogens with two attached hydrogens (primary N) is 1. The van der Waals surface area contributed by atoms with Crippen LogP contribution in [0.25, 0.3) is 6.08 Å². The Hall–Kier alpha value is -2.20. The Kier molecular flexibility index (Phi) is 6.50. The smallest absolute Gasteiger partial charge is 0.241 e. The summed E-state index contributed by atoms with van der Waals surface area (Å²) in [6, 6.07) is 5.16. The van der Waals surface area contributed by atoms with Gasteiger partial charge in [-0.15, -0.1) is 11.3 Å². The second-order valence-electron chi connectivity index (χ2n) is 6.07. The van der Waals surface area contributed by atoms with Crippen molar-refractivity contribution in [2.24, 2.45) is 0 Å². The monoisotopic (exact) mass is 438 g/mol. The Bertz CT molecular complexity index is 1020. The lowest BCUT2D eigenvalue weighted by Crippen LogP contribution is -2.49. The first-order valence-corrected chi connectivity index (χ1v) is 11.1. The fourth-order valence-corrected chi connectivity index (χ4v) is 4.78. The Labute approximate surface area is 172 Å². The first-order chi connectivity index (χ1) is 13.3. The molecule has 1 fully saturated rings. The molecule has 28 heavy (non-hydrogen) atoms. The van der Waals surface area contributed by atoms with Gasteiger partial charge in [0, 0.05) is 47.7 Å². The summed E-state index contributed by atoms with van der Waals surface area (Å²) in [6.07, 6.45) is 8.81. The van der Waals surface area contributed by atoms with E-state index in [2.05, 4.69) is 4.98 Å². The largest absolute Gasteiger partial charge is 0.398 e. The van der Waals surface area contributed by atoms with Crippen LogP contribution in [-0.4, -0.2) is 48.1 Å². The molecule has 2 N–H and O–H groups in total. The normalized spacial score (nSPS) is 16.5. The van der Waals surface area contributed by atoms with Crippen molar-refractivity contribution < 1.29 is 13.2 Å². The van der Waals surface area contributed by atoms with Gasteiger partial charge in [0.15, 0.2) is 0 Å². The molecule has 3 rings (SSSR count). The van der Waals surface area contributed by atoms with Gasteiger partial charge in [-0.3, -0.25) is 9.78 Å². The Morgan fingerprint density at radius 3 is 2.79 bits per heavy atom. The Morgan fingerprint density at radius 2 is 2.11 bits per heavy atom. The first-order valence-electron chi connectivity index (χ1n) is 8.43. The zero-order valence-corrected chi connectivity index (χ0v) is 17.3. The van der Waals surface area contributed by atoms with Gasteiger partial charge in [0.25, 0.3) is 0 Å². The second kappa shape index (κ2) is 8.87. The molecule has 10 heteroatoms. The molecule has 7 nitrogen and oxygen atoms in total. The van der Waals surface area contributed by atoms with Crippen molar-refractivity contribution in [1.29, 1.82) is 0 Å². The molecule has 0 aromatic carbocycles. The van der Waals surface area contributed by atoms with Crippen molar-refractivity contribution >= 4 is 50.6 Å². The fraction of sp³-hybridized carbons (Fsp3) is 0.222. The number of rotatable bonds is 6. The number of pyridine rings is 1. The number of hydrogen-bond acceptors (Lipinski definition) is 6. The van der Waals surface area contributed by atoms with Gasteiger partial charge in [0.1, 0.15) is 0 Å². The van der Waals surface area contributed by atoms with Gasteiger partial charge < -0.3 is 10.6 Å². The van der Waals surface area contributed by atoms with Gasteiger partial charge in [0.2, 0.25) is 15.9 Å². The van der Waals surface area contributed by atoms with Crippen LogP contribution < -0.4 is 5.73 Å². The molecule has 0 atom stereocenters. The molecule has 0 unspecified atom stereocenters. The highest BCUT2D eigenvalue weighted by Gasteiger charge is 2.29. The van der Waals surface area contributed by atoms with E-state index in [-0.39, 0.29) is 25.5 Å². The minimum atomic E-state index is -3.68. The first kappa shape index (κ1) is 20.5. The van der Waals surface area contributed by atoms with Crippen LogP contribution >= 0.6 is 22.9 Å². The molecule has 1 amide bonds. The predicted molar refractivity (Wildman–Crippen MR) is 112 cm³/mol. The Balaban J connectivity index is 1.58. The van der Waals surface area contributed by atoms with Gasteiger partial charge in [-0.1, -0.05) is 17.7 Å². The standard InChI is InChI=1S/C18H19ClN4O3S2/c19-17-4-3-15(27-17)6-11-28(25,26)23-10-9-22(18(24)13-23)8-1-2-14-12-21-7-5-16(14)20/h1,3-8,11-12H,2,9-10,13H2,(H2,20,21)/b8-1+,11-6+. The number of piperazine rings is 1. The summed E-state index contributed by atoms with van der Waals surface area (Å²) in [7, 11) is -3.68. The van der Waals surface area contributed by atoms with E-state index in [0.717, 1.165) is 15.8 Å². The van der Waals surface area contributed by atoms with E-state index in [9.17, 15) is 13.2 Å². The van der Waals surface area contributed by atoms with E-state index < -0.39 is 10.0 Å².